The summed E-state index contributed by atoms with van der Waals surface area (Å²) in [6.45, 7) is 2.82. The number of carbonyl (C=O) groups excluding carboxylic acids is 1. The highest BCUT2D eigenvalue weighted by Gasteiger charge is 2.26. The fourth-order valence-corrected chi connectivity index (χ4v) is 1.65. The highest BCUT2D eigenvalue weighted by Crippen LogP contribution is 2.38. The number of hydrogen-bond donors (Lipinski definition) is 2. The van der Waals surface area contributed by atoms with E-state index in [4.69, 9.17) is 15.9 Å². The Morgan fingerprint density at radius 1 is 1.37 bits per heavy atom. The Hall–Kier alpha value is -2.19. The molecule has 0 bridgehead atoms. The van der Waals surface area contributed by atoms with Crippen LogP contribution >= 0.6 is 0 Å². The Bertz CT molecular complexity index is 529. The zero-order valence-corrected chi connectivity index (χ0v) is 11.4. The van der Waals surface area contributed by atoms with Crippen LogP contribution in [0.15, 0.2) is 12.1 Å². The van der Waals surface area contributed by atoms with Gasteiger partial charge in [0.1, 0.15) is 5.60 Å². The van der Waals surface area contributed by atoms with Crippen LogP contribution in [0.25, 0.3) is 0 Å². The van der Waals surface area contributed by atoms with Gasteiger partial charge in [0.05, 0.1) is 19.9 Å². The highest BCUT2D eigenvalue weighted by molar-refractivity contribution is 5.90. The van der Waals surface area contributed by atoms with E-state index in [1.165, 1.54) is 28.1 Å². The molecular weight excluding hydrogens is 246 g/mol. The maximum Gasteiger partial charge on any atom is 0.221 e. The number of rotatable bonds is 4. The molecule has 1 aromatic carbocycles. The van der Waals surface area contributed by atoms with E-state index in [0.29, 0.717) is 22.7 Å². The second-order valence-corrected chi connectivity index (χ2v) is 4.15. The van der Waals surface area contributed by atoms with Crippen LogP contribution in [0.1, 0.15) is 19.4 Å². The minimum absolute atomic E-state index is 0.277. The standard InChI is InChI=1S/C14H17NO4/c1-6-14(3,17)10-7-12(18-4)13(19-5)8-11(10)15-9(2)16/h1,7-8,17H,2-5H3,(H,15,16). The van der Waals surface area contributed by atoms with Crippen LogP contribution in [0, 0.1) is 12.3 Å². The molecule has 0 radical (unpaired) electrons. The molecule has 0 spiro atoms. The van der Waals surface area contributed by atoms with E-state index in [2.05, 4.69) is 11.2 Å². The monoisotopic (exact) mass is 263 g/mol. The Kier molecular flexibility index (Phi) is 4.41. The molecule has 0 fully saturated rings. The van der Waals surface area contributed by atoms with Crippen molar-refractivity contribution in [3.8, 4) is 23.8 Å². The van der Waals surface area contributed by atoms with Gasteiger partial charge in [0, 0.05) is 18.6 Å². The van der Waals surface area contributed by atoms with Crippen molar-refractivity contribution < 1.29 is 19.4 Å². The van der Waals surface area contributed by atoms with E-state index in [9.17, 15) is 9.90 Å². The van der Waals surface area contributed by atoms with Gasteiger partial charge in [-0.25, -0.2) is 0 Å². The summed E-state index contributed by atoms with van der Waals surface area (Å²) in [4.78, 5) is 11.2. The zero-order chi connectivity index (χ0) is 14.6. The van der Waals surface area contributed by atoms with Crippen LogP contribution in [0.4, 0.5) is 5.69 Å². The number of anilines is 1. The van der Waals surface area contributed by atoms with Crippen molar-refractivity contribution in [2.45, 2.75) is 19.4 Å². The van der Waals surface area contributed by atoms with E-state index in [1.807, 2.05) is 0 Å². The first-order chi connectivity index (χ1) is 8.85. The molecule has 1 amide bonds. The van der Waals surface area contributed by atoms with Gasteiger partial charge in [-0.15, -0.1) is 6.42 Å². The molecule has 1 aromatic rings. The molecule has 0 saturated carbocycles. The average molecular weight is 263 g/mol. The first-order valence-electron chi connectivity index (χ1n) is 5.60. The lowest BCUT2D eigenvalue weighted by atomic mass is 9.94. The first-order valence-corrected chi connectivity index (χ1v) is 5.60. The van der Waals surface area contributed by atoms with E-state index in [1.54, 1.807) is 12.1 Å². The molecule has 19 heavy (non-hydrogen) atoms. The Morgan fingerprint density at radius 2 is 1.89 bits per heavy atom. The summed E-state index contributed by atoms with van der Waals surface area (Å²) in [5.74, 6) is 2.84. The van der Waals surface area contributed by atoms with Crippen LogP contribution in [0.5, 0.6) is 11.5 Å². The second-order valence-electron chi connectivity index (χ2n) is 4.15. The predicted molar refractivity (Wildman–Crippen MR) is 72.3 cm³/mol. The molecule has 1 unspecified atom stereocenters. The Labute approximate surface area is 112 Å². The van der Waals surface area contributed by atoms with Crippen LogP contribution < -0.4 is 14.8 Å². The average Bonchev–Trinajstić information content (AvgIpc) is 2.37. The fraction of sp³-hybridized carbons (Fsp3) is 0.357. The highest BCUT2D eigenvalue weighted by atomic mass is 16.5. The molecule has 1 atom stereocenters. The van der Waals surface area contributed by atoms with Crippen molar-refractivity contribution >= 4 is 11.6 Å². The zero-order valence-electron chi connectivity index (χ0n) is 11.4. The molecule has 0 aromatic heterocycles. The number of methoxy groups -OCH3 is 2. The summed E-state index contributed by atoms with van der Waals surface area (Å²) in [5, 5.41) is 12.8. The second kappa shape index (κ2) is 5.63. The Morgan fingerprint density at radius 3 is 2.32 bits per heavy atom. The molecule has 1 rings (SSSR count). The van der Waals surface area contributed by atoms with Gasteiger partial charge >= 0.3 is 0 Å². The molecule has 2 N–H and O–H groups in total. The first kappa shape index (κ1) is 14.9. The minimum Gasteiger partial charge on any atom is -0.493 e. The summed E-state index contributed by atoms with van der Waals surface area (Å²) in [7, 11) is 2.96. The third-order valence-electron chi connectivity index (χ3n) is 2.64. The van der Waals surface area contributed by atoms with Crippen molar-refractivity contribution in [3.05, 3.63) is 17.7 Å². The molecular formula is C14H17NO4. The van der Waals surface area contributed by atoms with E-state index in [-0.39, 0.29) is 5.91 Å². The third-order valence-corrected chi connectivity index (χ3v) is 2.64. The van der Waals surface area contributed by atoms with E-state index in [0.717, 1.165) is 0 Å². The van der Waals surface area contributed by atoms with E-state index >= 15 is 0 Å². The lowest BCUT2D eigenvalue weighted by molar-refractivity contribution is -0.114. The van der Waals surface area contributed by atoms with Gasteiger partial charge in [0.2, 0.25) is 5.91 Å². The van der Waals surface area contributed by atoms with Crippen LogP contribution in [-0.2, 0) is 10.4 Å². The molecule has 0 heterocycles. The van der Waals surface area contributed by atoms with Gasteiger partial charge in [-0.1, -0.05) is 5.92 Å². The third kappa shape index (κ3) is 3.18. The number of benzene rings is 1. The van der Waals surface area contributed by atoms with Gasteiger partial charge in [-0.2, -0.15) is 0 Å². The summed E-state index contributed by atoms with van der Waals surface area (Å²) < 4.78 is 10.3. The van der Waals surface area contributed by atoms with Gasteiger partial charge in [0.25, 0.3) is 0 Å². The lowest BCUT2D eigenvalue weighted by Crippen LogP contribution is -2.22. The maximum absolute atomic E-state index is 11.2. The van der Waals surface area contributed by atoms with Gasteiger partial charge in [0.15, 0.2) is 11.5 Å². The fourth-order valence-electron chi connectivity index (χ4n) is 1.65. The number of aliphatic hydroxyl groups is 1. The van der Waals surface area contributed by atoms with Crippen LogP contribution in [0.2, 0.25) is 0 Å². The van der Waals surface area contributed by atoms with Crippen molar-refractivity contribution in [1.82, 2.24) is 0 Å². The smallest absolute Gasteiger partial charge is 0.221 e. The summed E-state index contributed by atoms with van der Waals surface area (Å²) in [6.07, 6.45) is 5.32. The topological polar surface area (TPSA) is 67.8 Å². The van der Waals surface area contributed by atoms with Crippen molar-refractivity contribution in [2.24, 2.45) is 0 Å². The number of terminal acetylenes is 1. The molecule has 102 valence electrons. The van der Waals surface area contributed by atoms with E-state index < -0.39 is 5.60 Å². The molecule has 0 aliphatic rings. The molecule has 0 saturated heterocycles. The SMILES string of the molecule is C#CC(C)(O)c1cc(OC)c(OC)cc1NC(C)=O. The Balaban J connectivity index is 3.49. The minimum atomic E-state index is -1.53. The van der Waals surface area contributed by atoms with Gasteiger partial charge < -0.3 is 19.9 Å². The summed E-state index contributed by atoms with van der Waals surface area (Å²) >= 11 is 0. The van der Waals surface area contributed by atoms with Crippen LogP contribution in [0.3, 0.4) is 0 Å². The summed E-state index contributed by atoms with van der Waals surface area (Å²) in [6, 6.07) is 3.10. The number of nitrogens with one attached hydrogen (secondary N) is 1. The van der Waals surface area contributed by atoms with Crippen molar-refractivity contribution in [2.75, 3.05) is 19.5 Å². The number of ether oxygens (including phenoxy) is 2. The summed E-state index contributed by atoms with van der Waals surface area (Å²) in [5.41, 5.74) is -0.784. The number of hydrogen-bond acceptors (Lipinski definition) is 4. The van der Waals surface area contributed by atoms with Gasteiger partial charge in [-0.05, 0) is 13.0 Å². The van der Waals surface area contributed by atoms with Crippen molar-refractivity contribution in [3.63, 3.8) is 0 Å². The van der Waals surface area contributed by atoms with Crippen LogP contribution in [-0.4, -0.2) is 25.2 Å². The number of amides is 1. The normalized spacial score (nSPS) is 13.1. The quantitative estimate of drug-likeness (QED) is 0.808. The molecule has 5 nitrogen and oxygen atoms in total. The molecule has 0 aliphatic heterocycles. The van der Waals surface area contributed by atoms with Gasteiger partial charge in [-0.3, -0.25) is 4.79 Å². The predicted octanol–water partition coefficient (Wildman–Crippen LogP) is 1.50. The molecule has 5 heteroatoms. The maximum atomic E-state index is 11.2. The lowest BCUT2D eigenvalue weighted by Gasteiger charge is -2.22. The number of carbonyl (C=O) groups is 1. The largest absolute Gasteiger partial charge is 0.493 e. The van der Waals surface area contributed by atoms with Crippen molar-refractivity contribution in [1.29, 1.82) is 0 Å². The molecule has 0 aliphatic carbocycles.